The van der Waals surface area contributed by atoms with Crippen molar-refractivity contribution in [2.75, 3.05) is 13.2 Å². The number of rotatable bonds is 8. The molecule has 2 aromatic carbocycles. The molecule has 4 aromatic rings. The molecule has 5 rings (SSSR count). The summed E-state index contributed by atoms with van der Waals surface area (Å²) in [6.45, 7) is 1.11. The van der Waals surface area contributed by atoms with Crippen LogP contribution in [0.2, 0.25) is 10.0 Å². The van der Waals surface area contributed by atoms with Gasteiger partial charge in [0, 0.05) is 10.6 Å². The van der Waals surface area contributed by atoms with E-state index in [1.807, 2.05) is 0 Å². The molecule has 222 valence electrons. The van der Waals surface area contributed by atoms with Crippen LogP contribution in [0.1, 0.15) is 23.8 Å². The first kappa shape index (κ1) is 30.6. The molecule has 0 saturated carbocycles. The first-order valence-electron chi connectivity index (χ1n) is 12.4. The molecule has 1 fully saturated rings. The van der Waals surface area contributed by atoms with Crippen LogP contribution in [-0.2, 0) is 9.47 Å². The number of halogens is 6. The zero-order valence-electron chi connectivity index (χ0n) is 21.6. The molecule has 5 atom stereocenters. The average Bonchev–Trinajstić information content (AvgIpc) is 3.60. The molecule has 0 radical (unpaired) electrons. The normalized spacial score (nSPS) is 22.7. The lowest BCUT2D eigenvalue weighted by Gasteiger charge is -2.43. The molecule has 0 amide bonds. The number of hydrogen-bond acceptors (Lipinski definition) is 8. The van der Waals surface area contributed by atoms with Crippen LogP contribution in [-0.4, -0.2) is 71.5 Å². The van der Waals surface area contributed by atoms with E-state index in [1.165, 1.54) is 15.6 Å². The summed E-state index contributed by atoms with van der Waals surface area (Å²) in [5.74, 6) is -3.84. The number of aliphatic hydroxyl groups is 2. The second kappa shape index (κ2) is 12.8. The number of hydrogen-bond donors (Lipinski definition) is 2. The number of aliphatic hydroxyl groups excluding tert-OH is 2. The zero-order valence-corrected chi connectivity index (χ0v) is 24.7. The molecule has 10 nitrogen and oxygen atoms in total. The quantitative estimate of drug-likeness (QED) is 0.251. The van der Waals surface area contributed by atoms with Crippen LogP contribution in [0.15, 0.2) is 47.6 Å². The van der Waals surface area contributed by atoms with Crippen molar-refractivity contribution >= 4 is 39.1 Å². The number of nitrogens with zero attached hydrogens (tertiary/aromatic N) is 6. The van der Waals surface area contributed by atoms with Gasteiger partial charge in [-0.25, -0.2) is 27.5 Å². The van der Waals surface area contributed by atoms with Gasteiger partial charge in [-0.05, 0) is 42.2 Å². The second-order valence-corrected chi connectivity index (χ2v) is 10.7. The van der Waals surface area contributed by atoms with Gasteiger partial charge in [-0.15, -0.1) is 5.10 Å². The molecular weight excluding hydrogens is 668 g/mol. The van der Waals surface area contributed by atoms with Gasteiger partial charge in [-0.1, -0.05) is 50.4 Å². The van der Waals surface area contributed by atoms with E-state index in [2.05, 4.69) is 36.3 Å². The molecule has 2 N–H and O–H groups in total. The van der Waals surface area contributed by atoms with Gasteiger partial charge in [-0.2, -0.15) is 5.10 Å². The van der Waals surface area contributed by atoms with Gasteiger partial charge in [0.15, 0.2) is 23.3 Å². The molecular formula is C26H22BrCl2F3N6O4. The fourth-order valence-electron chi connectivity index (χ4n) is 4.69. The summed E-state index contributed by atoms with van der Waals surface area (Å²) >= 11 is 15.9. The molecule has 1 aliphatic rings. The number of aryl methyl sites for hydroxylation is 1. The molecule has 16 heteroatoms. The Hall–Kier alpha value is -2.85. The van der Waals surface area contributed by atoms with Crippen LogP contribution < -0.4 is 0 Å². The Labute approximate surface area is 255 Å². The van der Waals surface area contributed by atoms with Gasteiger partial charge in [0.1, 0.15) is 42.0 Å². The molecule has 0 bridgehead atoms. The summed E-state index contributed by atoms with van der Waals surface area (Å²) in [7, 11) is 0. The van der Waals surface area contributed by atoms with E-state index >= 15 is 0 Å². The van der Waals surface area contributed by atoms with Gasteiger partial charge >= 0.3 is 0 Å². The van der Waals surface area contributed by atoms with Crippen molar-refractivity contribution in [3.63, 3.8) is 0 Å². The third-order valence-electron chi connectivity index (χ3n) is 6.57. The van der Waals surface area contributed by atoms with Crippen molar-refractivity contribution in [2.24, 2.45) is 0 Å². The fraction of sp³-hybridized carbons (Fsp3) is 0.308. The van der Waals surface area contributed by atoms with Crippen molar-refractivity contribution in [3.8, 4) is 16.9 Å². The maximum atomic E-state index is 13.9. The number of aromatic nitrogens is 6. The van der Waals surface area contributed by atoms with Crippen LogP contribution in [0.5, 0.6) is 0 Å². The second-order valence-electron chi connectivity index (χ2n) is 9.28. The minimum absolute atomic E-state index is 0.00702. The van der Waals surface area contributed by atoms with Crippen LogP contribution in [0.25, 0.3) is 16.9 Å². The predicted molar refractivity (Wildman–Crippen MR) is 149 cm³/mol. The molecule has 0 aliphatic carbocycles. The van der Waals surface area contributed by atoms with Crippen LogP contribution in [0, 0.1) is 24.4 Å². The highest BCUT2D eigenvalue weighted by Gasteiger charge is 2.50. The van der Waals surface area contributed by atoms with Crippen molar-refractivity contribution < 1.29 is 32.9 Å². The van der Waals surface area contributed by atoms with E-state index in [-0.39, 0.29) is 23.7 Å². The zero-order chi connectivity index (χ0) is 30.1. The van der Waals surface area contributed by atoms with Crippen molar-refractivity contribution in [3.05, 3.63) is 86.7 Å². The highest BCUT2D eigenvalue weighted by Crippen LogP contribution is 2.41. The van der Waals surface area contributed by atoms with Gasteiger partial charge in [-0.3, -0.25) is 0 Å². The Morgan fingerprint density at radius 1 is 1.17 bits per heavy atom. The van der Waals surface area contributed by atoms with Gasteiger partial charge in [0.25, 0.3) is 0 Å². The Kier molecular flexibility index (Phi) is 9.32. The van der Waals surface area contributed by atoms with Gasteiger partial charge < -0.3 is 19.7 Å². The molecule has 3 heterocycles. The van der Waals surface area contributed by atoms with E-state index in [4.69, 9.17) is 32.7 Å². The first-order chi connectivity index (χ1) is 20.1. The monoisotopic (exact) mass is 688 g/mol. The third-order valence-corrected chi connectivity index (χ3v) is 7.49. The Bertz CT molecular complexity index is 1600. The minimum Gasteiger partial charge on any atom is -0.394 e. The summed E-state index contributed by atoms with van der Waals surface area (Å²) in [4.78, 5) is 6.13. The van der Waals surface area contributed by atoms with Crippen LogP contribution in [0.4, 0.5) is 13.2 Å². The Balaban J connectivity index is 1.62. The SMILES string of the molecule is Cc1nc([C@@H]2O[C@H](CO)[C@H](O)[C@H](n3cc(-c4cc(F)c(F)c(F)c4)nn3)[C@H]2OC/C=C/Br)n(-c2cc(Cl)ccc2Cl)n1. The van der Waals surface area contributed by atoms with E-state index in [9.17, 15) is 23.4 Å². The van der Waals surface area contributed by atoms with E-state index in [0.29, 0.717) is 21.6 Å². The van der Waals surface area contributed by atoms with Crippen molar-refractivity contribution in [2.45, 2.75) is 37.4 Å². The largest absolute Gasteiger partial charge is 0.394 e. The van der Waals surface area contributed by atoms with E-state index in [0.717, 1.165) is 12.1 Å². The lowest BCUT2D eigenvalue weighted by Crippen LogP contribution is -2.54. The smallest absolute Gasteiger partial charge is 0.194 e. The topological polar surface area (TPSA) is 120 Å². The Morgan fingerprint density at radius 3 is 2.60 bits per heavy atom. The highest BCUT2D eigenvalue weighted by molar-refractivity contribution is 9.11. The maximum Gasteiger partial charge on any atom is 0.194 e. The number of ether oxygens (including phenoxy) is 2. The molecule has 1 aliphatic heterocycles. The summed E-state index contributed by atoms with van der Waals surface area (Å²) in [6, 6.07) is 5.29. The average molecular weight is 690 g/mol. The van der Waals surface area contributed by atoms with Crippen LogP contribution in [0.3, 0.4) is 0 Å². The molecule has 42 heavy (non-hydrogen) atoms. The fourth-order valence-corrected chi connectivity index (χ4v) is 5.21. The molecule has 0 unspecified atom stereocenters. The van der Waals surface area contributed by atoms with E-state index in [1.54, 1.807) is 36.2 Å². The van der Waals surface area contributed by atoms with Gasteiger partial charge in [0.2, 0.25) is 0 Å². The lowest BCUT2D eigenvalue weighted by molar-refractivity contribution is -0.221. The molecule has 2 aromatic heterocycles. The summed E-state index contributed by atoms with van der Waals surface area (Å²) in [6.07, 6.45) is -1.68. The van der Waals surface area contributed by atoms with E-state index < -0.39 is 54.5 Å². The predicted octanol–water partition coefficient (Wildman–Crippen LogP) is 4.89. The van der Waals surface area contributed by atoms with Crippen molar-refractivity contribution in [1.82, 2.24) is 29.8 Å². The summed E-state index contributed by atoms with van der Waals surface area (Å²) < 4.78 is 56.4. The van der Waals surface area contributed by atoms with Gasteiger partial charge in [0.05, 0.1) is 30.1 Å². The number of benzene rings is 2. The molecule has 1 saturated heterocycles. The first-order valence-corrected chi connectivity index (χ1v) is 14.1. The minimum atomic E-state index is -1.62. The molecule has 0 spiro atoms. The standard InChI is InChI=1S/C26H22BrCl2F3N6O4/c1-12-33-26(38(35-12)19-9-14(28)3-4-15(19)29)25-24(41-6-2-5-27)22(23(40)20(11-39)42-25)37-10-18(34-36-37)13-7-16(30)21(32)17(31)8-13/h2-5,7-10,20,22-25,39-40H,6,11H2,1H3/b5-2+/t20-,22+,23+,24-,25-/m1/s1. The third kappa shape index (κ3) is 5.97. The lowest BCUT2D eigenvalue weighted by atomic mass is 9.91. The van der Waals surface area contributed by atoms with Crippen molar-refractivity contribution in [1.29, 1.82) is 0 Å². The van der Waals surface area contributed by atoms with Crippen LogP contribution >= 0.6 is 39.1 Å². The Morgan fingerprint density at radius 2 is 1.90 bits per heavy atom. The highest BCUT2D eigenvalue weighted by atomic mass is 79.9. The summed E-state index contributed by atoms with van der Waals surface area (Å²) in [5.41, 5.74) is 0.307. The summed E-state index contributed by atoms with van der Waals surface area (Å²) in [5, 5.41) is 34.7. The maximum absolute atomic E-state index is 13.9.